The second kappa shape index (κ2) is 7.96. The molecule has 3 N–H and O–H groups in total. The largest absolute Gasteiger partial charge is 0.497 e. The number of hydrogen-bond donors (Lipinski definition) is 2. The van der Waals surface area contributed by atoms with Crippen LogP contribution in [0.2, 0.25) is 0 Å². The highest BCUT2D eigenvalue weighted by molar-refractivity contribution is 5.97. The van der Waals surface area contributed by atoms with Crippen molar-refractivity contribution >= 4 is 11.7 Å². The maximum absolute atomic E-state index is 12.6. The molecule has 25 heavy (non-hydrogen) atoms. The van der Waals surface area contributed by atoms with Crippen molar-refractivity contribution in [3.05, 3.63) is 36.2 Å². The van der Waals surface area contributed by atoms with Gasteiger partial charge in [0.2, 0.25) is 0 Å². The van der Waals surface area contributed by atoms with E-state index in [4.69, 9.17) is 10.5 Å². The third-order valence-corrected chi connectivity index (χ3v) is 4.59. The molecule has 1 aliphatic rings. The minimum Gasteiger partial charge on any atom is -0.497 e. The number of aromatic nitrogens is 2. The van der Waals surface area contributed by atoms with Gasteiger partial charge in [-0.3, -0.25) is 4.79 Å². The van der Waals surface area contributed by atoms with E-state index in [0.717, 1.165) is 37.0 Å². The lowest BCUT2D eigenvalue weighted by Gasteiger charge is -2.16. The van der Waals surface area contributed by atoms with Crippen LogP contribution >= 0.6 is 0 Å². The van der Waals surface area contributed by atoms with Crippen LogP contribution in [0.5, 0.6) is 5.75 Å². The molecule has 1 fully saturated rings. The van der Waals surface area contributed by atoms with E-state index in [9.17, 15) is 4.79 Å². The van der Waals surface area contributed by atoms with Crippen molar-refractivity contribution in [1.29, 1.82) is 0 Å². The lowest BCUT2D eigenvalue weighted by atomic mass is 10.1. The zero-order chi connectivity index (χ0) is 17.6. The Hall–Kier alpha value is -2.63. The number of carbonyl (C=O) groups is 1. The predicted octanol–water partition coefficient (Wildman–Crippen LogP) is 3.19. The van der Waals surface area contributed by atoms with Crippen LogP contribution in [0.4, 0.5) is 5.82 Å². The molecule has 0 spiro atoms. The summed E-state index contributed by atoms with van der Waals surface area (Å²) in [4.78, 5) is 21.2. The van der Waals surface area contributed by atoms with Crippen LogP contribution in [0.3, 0.4) is 0 Å². The number of benzene rings is 1. The molecule has 6 nitrogen and oxygen atoms in total. The van der Waals surface area contributed by atoms with Crippen molar-refractivity contribution in [2.45, 2.75) is 44.6 Å². The van der Waals surface area contributed by atoms with Gasteiger partial charge in [0, 0.05) is 11.6 Å². The fourth-order valence-corrected chi connectivity index (χ4v) is 3.14. The standard InChI is InChI=1S/C19H24N4O2/c1-25-15-10-8-13(9-11-15)16-12-21-18(20)17(23-16)19(24)22-14-6-4-2-3-5-7-14/h8-12,14H,2-7H2,1H3,(H2,20,21)(H,22,24). The Morgan fingerprint density at radius 2 is 1.84 bits per heavy atom. The molecule has 1 aliphatic carbocycles. The van der Waals surface area contributed by atoms with Gasteiger partial charge in [-0.15, -0.1) is 0 Å². The number of carbonyl (C=O) groups excluding carboxylic acids is 1. The second-order valence-corrected chi connectivity index (χ2v) is 6.38. The normalized spacial score (nSPS) is 15.4. The number of ether oxygens (including phenoxy) is 1. The van der Waals surface area contributed by atoms with Gasteiger partial charge >= 0.3 is 0 Å². The monoisotopic (exact) mass is 340 g/mol. The van der Waals surface area contributed by atoms with Crippen LogP contribution in [-0.4, -0.2) is 29.0 Å². The fourth-order valence-electron chi connectivity index (χ4n) is 3.14. The van der Waals surface area contributed by atoms with Crippen molar-refractivity contribution < 1.29 is 9.53 Å². The molecule has 132 valence electrons. The van der Waals surface area contributed by atoms with Gasteiger partial charge in [-0.1, -0.05) is 25.7 Å². The Labute approximate surface area is 147 Å². The van der Waals surface area contributed by atoms with Gasteiger partial charge in [-0.05, 0) is 37.1 Å². The molecule has 3 rings (SSSR count). The minimum absolute atomic E-state index is 0.156. The zero-order valence-corrected chi connectivity index (χ0v) is 14.5. The summed E-state index contributed by atoms with van der Waals surface area (Å²) >= 11 is 0. The van der Waals surface area contributed by atoms with E-state index in [1.165, 1.54) is 12.8 Å². The Morgan fingerprint density at radius 3 is 2.48 bits per heavy atom. The number of nitrogens with zero attached hydrogens (tertiary/aromatic N) is 2. The van der Waals surface area contributed by atoms with E-state index >= 15 is 0 Å². The SMILES string of the molecule is COc1ccc(-c2cnc(N)c(C(=O)NC3CCCCCC3)n2)cc1. The summed E-state index contributed by atoms with van der Waals surface area (Å²) < 4.78 is 5.16. The molecule has 0 aliphatic heterocycles. The van der Waals surface area contributed by atoms with Crippen LogP contribution in [-0.2, 0) is 0 Å². The van der Waals surface area contributed by atoms with Crippen molar-refractivity contribution in [3.63, 3.8) is 0 Å². The zero-order valence-electron chi connectivity index (χ0n) is 14.5. The van der Waals surface area contributed by atoms with Crippen molar-refractivity contribution in [2.24, 2.45) is 0 Å². The van der Waals surface area contributed by atoms with Crippen LogP contribution in [0.1, 0.15) is 49.0 Å². The first-order valence-electron chi connectivity index (χ1n) is 8.75. The van der Waals surface area contributed by atoms with Crippen LogP contribution in [0.15, 0.2) is 30.5 Å². The summed E-state index contributed by atoms with van der Waals surface area (Å²) in [6.45, 7) is 0. The molecule has 1 heterocycles. The van der Waals surface area contributed by atoms with Crippen LogP contribution in [0, 0.1) is 0 Å². The average molecular weight is 340 g/mol. The average Bonchev–Trinajstić information content (AvgIpc) is 2.91. The third-order valence-electron chi connectivity index (χ3n) is 4.59. The molecule has 0 atom stereocenters. The molecule has 1 saturated carbocycles. The summed E-state index contributed by atoms with van der Waals surface area (Å²) in [5.74, 6) is 0.675. The number of amides is 1. The summed E-state index contributed by atoms with van der Waals surface area (Å²) in [5.41, 5.74) is 7.56. The van der Waals surface area contributed by atoms with Crippen molar-refractivity contribution in [3.8, 4) is 17.0 Å². The fraction of sp³-hybridized carbons (Fsp3) is 0.421. The van der Waals surface area contributed by atoms with Crippen molar-refractivity contribution in [1.82, 2.24) is 15.3 Å². The number of nitrogen functional groups attached to an aromatic ring is 1. The summed E-state index contributed by atoms with van der Waals surface area (Å²) in [6, 6.07) is 7.65. The quantitative estimate of drug-likeness (QED) is 0.834. The lowest BCUT2D eigenvalue weighted by molar-refractivity contribution is 0.0929. The van der Waals surface area contributed by atoms with Gasteiger partial charge in [0.15, 0.2) is 11.5 Å². The predicted molar refractivity (Wildman–Crippen MR) is 97.4 cm³/mol. The highest BCUT2D eigenvalue weighted by Gasteiger charge is 2.19. The van der Waals surface area contributed by atoms with Crippen LogP contribution < -0.4 is 15.8 Å². The molecule has 6 heteroatoms. The number of hydrogen-bond acceptors (Lipinski definition) is 5. The molecular weight excluding hydrogens is 316 g/mol. The molecule has 0 radical (unpaired) electrons. The highest BCUT2D eigenvalue weighted by atomic mass is 16.5. The Kier molecular flexibility index (Phi) is 5.48. The molecule has 1 aromatic heterocycles. The van der Waals surface area contributed by atoms with Crippen LogP contribution in [0.25, 0.3) is 11.3 Å². The Bertz CT molecular complexity index is 723. The van der Waals surface area contributed by atoms with E-state index < -0.39 is 0 Å². The van der Waals surface area contributed by atoms with E-state index in [-0.39, 0.29) is 23.5 Å². The molecule has 2 aromatic rings. The Balaban J connectivity index is 1.79. The maximum atomic E-state index is 12.6. The molecule has 0 saturated heterocycles. The number of methoxy groups -OCH3 is 1. The highest BCUT2D eigenvalue weighted by Crippen LogP contribution is 2.22. The van der Waals surface area contributed by atoms with E-state index in [0.29, 0.717) is 5.69 Å². The Morgan fingerprint density at radius 1 is 1.16 bits per heavy atom. The molecule has 0 bridgehead atoms. The summed E-state index contributed by atoms with van der Waals surface area (Å²) in [7, 11) is 1.62. The van der Waals surface area contributed by atoms with E-state index in [2.05, 4.69) is 15.3 Å². The van der Waals surface area contributed by atoms with E-state index in [1.807, 2.05) is 24.3 Å². The van der Waals surface area contributed by atoms with Gasteiger partial charge in [0.25, 0.3) is 5.91 Å². The third kappa shape index (κ3) is 4.26. The first kappa shape index (κ1) is 17.2. The first-order valence-corrected chi connectivity index (χ1v) is 8.75. The van der Waals surface area contributed by atoms with Gasteiger partial charge < -0.3 is 15.8 Å². The summed E-state index contributed by atoms with van der Waals surface area (Å²) in [6.07, 6.45) is 8.38. The maximum Gasteiger partial charge on any atom is 0.273 e. The van der Waals surface area contributed by atoms with Gasteiger partial charge in [0.05, 0.1) is 19.0 Å². The van der Waals surface area contributed by atoms with E-state index in [1.54, 1.807) is 13.3 Å². The van der Waals surface area contributed by atoms with Crippen molar-refractivity contribution in [2.75, 3.05) is 12.8 Å². The topological polar surface area (TPSA) is 90.1 Å². The smallest absolute Gasteiger partial charge is 0.273 e. The number of rotatable bonds is 4. The lowest BCUT2D eigenvalue weighted by Crippen LogP contribution is -2.35. The molecule has 0 unspecified atom stereocenters. The number of nitrogens with one attached hydrogen (secondary N) is 1. The van der Waals surface area contributed by atoms with Gasteiger partial charge in [0.1, 0.15) is 5.75 Å². The minimum atomic E-state index is -0.243. The molecule has 1 amide bonds. The molecule has 1 aromatic carbocycles. The summed E-state index contributed by atoms with van der Waals surface area (Å²) in [5, 5.41) is 3.07. The second-order valence-electron chi connectivity index (χ2n) is 6.38. The van der Waals surface area contributed by atoms with Gasteiger partial charge in [-0.2, -0.15) is 0 Å². The van der Waals surface area contributed by atoms with Gasteiger partial charge in [-0.25, -0.2) is 9.97 Å². The molecular formula is C19H24N4O2. The number of nitrogens with two attached hydrogens (primary N) is 1. The first-order chi connectivity index (χ1) is 12.2. The number of anilines is 1.